The van der Waals surface area contributed by atoms with E-state index in [2.05, 4.69) is 40.5 Å². The molecule has 0 radical (unpaired) electrons. The Morgan fingerprint density at radius 3 is 2.36 bits per heavy atom. The fourth-order valence-corrected chi connectivity index (χ4v) is 8.78. The minimum absolute atomic E-state index is 0.0442. The number of aromatic amines is 1. The van der Waals surface area contributed by atoms with E-state index in [1.807, 2.05) is 51.1 Å². The number of carboxylic acids is 1. The minimum atomic E-state index is -1.75. The lowest BCUT2D eigenvalue weighted by molar-refractivity contribution is -0.142. The number of hydrogen-bond donors (Lipinski definition) is 4. The molecule has 4 rings (SSSR count). The summed E-state index contributed by atoms with van der Waals surface area (Å²) in [5.74, 6) is -0.868. The molecule has 1 aliphatic carbocycles. The van der Waals surface area contributed by atoms with Crippen molar-refractivity contribution in [3.63, 3.8) is 0 Å². The Morgan fingerprint density at radius 2 is 1.82 bits per heavy atom. The van der Waals surface area contributed by atoms with Gasteiger partial charge in [-0.15, -0.1) is 0 Å². The number of fused-ring (bicyclic) bond motifs is 1. The molecule has 10 heteroatoms. The third-order valence-corrected chi connectivity index (χ3v) is 12.6. The number of H-pyrrole nitrogens is 1. The fourth-order valence-electron chi connectivity index (χ4n) is 6.19. The van der Waals surface area contributed by atoms with Gasteiger partial charge in [0.2, 0.25) is 5.91 Å². The second-order valence-corrected chi connectivity index (χ2v) is 18.1. The Bertz CT molecular complexity index is 1220. The molecule has 3 amide bonds. The molecular formula is C29H43N5O4Si. The van der Waals surface area contributed by atoms with E-state index in [9.17, 15) is 19.5 Å². The molecule has 1 saturated carbocycles. The first kappa shape index (κ1) is 28.9. The van der Waals surface area contributed by atoms with Gasteiger partial charge in [0.25, 0.3) is 0 Å². The van der Waals surface area contributed by atoms with Gasteiger partial charge in [-0.2, -0.15) is 5.10 Å². The average molecular weight is 554 g/mol. The highest BCUT2D eigenvalue weighted by molar-refractivity contribution is 6.83. The second kappa shape index (κ2) is 10.8. The van der Waals surface area contributed by atoms with Crippen LogP contribution in [-0.2, 0) is 21.7 Å². The number of anilines is 1. The Hall–Kier alpha value is -3.14. The highest BCUT2D eigenvalue weighted by Crippen LogP contribution is 2.56. The van der Waals surface area contributed by atoms with Crippen LogP contribution in [0.5, 0.6) is 0 Å². The lowest BCUT2D eigenvalue weighted by atomic mass is 9.83. The van der Waals surface area contributed by atoms with E-state index >= 15 is 0 Å². The molecule has 2 atom stereocenters. The Labute approximate surface area is 232 Å². The van der Waals surface area contributed by atoms with Crippen molar-refractivity contribution in [3.05, 3.63) is 47.2 Å². The van der Waals surface area contributed by atoms with Crippen LogP contribution in [0.3, 0.4) is 0 Å². The standard InChI is InChI=1S/C29H43N5O4Si/c1-7-12-20(25(35)36)17-22(19-13-9-8-10-14-19)30-27(38)34-18-21-23(28(34,2)3)32-33-24(21)31-26(37)29(15-11-16-29)39(4,5)6/h8-10,13-14,20,22H,7,11-12,15-18H2,1-6H3,(H,30,38)(H,35,36)(H2,31,32,33,37)/t20-,22?/m0/s1. The van der Waals surface area contributed by atoms with Crippen molar-refractivity contribution in [1.82, 2.24) is 20.4 Å². The molecule has 4 N–H and O–H groups in total. The van der Waals surface area contributed by atoms with Crippen molar-refractivity contribution >= 4 is 31.8 Å². The molecule has 2 aromatic rings. The second-order valence-electron chi connectivity index (χ2n) is 12.7. The number of carboxylic acid groups (broad SMARTS) is 1. The first-order chi connectivity index (χ1) is 18.3. The highest BCUT2D eigenvalue weighted by atomic mass is 28.3. The van der Waals surface area contributed by atoms with Crippen LogP contribution < -0.4 is 10.6 Å². The van der Waals surface area contributed by atoms with Crippen LogP contribution in [0.25, 0.3) is 0 Å². The summed E-state index contributed by atoms with van der Waals surface area (Å²) in [5.41, 5.74) is 1.79. The first-order valence-corrected chi connectivity index (χ1v) is 17.6. The third kappa shape index (κ3) is 5.35. The zero-order valence-electron chi connectivity index (χ0n) is 24.1. The largest absolute Gasteiger partial charge is 0.481 e. The molecule has 9 nitrogen and oxygen atoms in total. The Balaban J connectivity index is 1.54. The molecule has 0 bridgehead atoms. The molecule has 1 aromatic carbocycles. The average Bonchev–Trinajstić information content (AvgIpc) is 3.34. The number of carbonyl (C=O) groups is 3. The van der Waals surface area contributed by atoms with Gasteiger partial charge in [-0.25, -0.2) is 4.79 Å². The van der Waals surface area contributed by atoms with Gasteiger partial charge >= 0.3 is 12.0 Å². The maximum Gasteiger partial charge on any atom is 0.318 e. The summed E-state index contributed by atoms with van der Waals surface area (Å²) in [6, 6.07) is 8.79. The summed E-state index contributed by atoms with van der Waals surface area (Å²) in [4.78, 5) is 40.9. The van der Waals surface area contributed by atoms with Crippen molar-refractivity contribution in [2.24, 2.45) is 5.92 Å². The van der Waals surface area contributed by atoms with Crippen LogP contribution in [0.15, 0.2) is 30.3 Å². The zero-order valence-corrected chi connectivity index (χ0v) is 25.1. The van der Waals surface area contributed by atoms with E-state index in [0.717, 1.165) is 42.5 Å². The van der Waals surface area contributed by atoms with Gasteiger partial charge in [-0.3, -0.25) is 14.7 Å². The molecule has 2 heterocycles. The summed E-state index contributed by atoms with van der Waals surface area (Å²) in [7, 11) is -1.75. The molecule has 39 heavy (non-hydrogen) atoms. The van der Waals surface area contributed by atoms with Crippen LogP contribution in [0.1, 0.15) is 82.2 Å². The van der Waals surface area contributed by atoms with Crippen LogP contribution in [0, 0.1) is 5.92 Å². The molecule has 1 fully saturated rings. The van der Waals surface area contributed by atoms with Gasteiger partial charge < -0.3 is 20.6 Å². The van der Waals surface area contributed by atoms with E-state index in [0.29, 0.717) is 25.2 Å². The number of carbonyl (C=O) groups excluding carboxylic acids is 2. The summed E-state index contributed by atoms with van der Waals surface area (Å²) in [6.45, 7) is 12.9. The van der Waals surface area contributed by atoms with Gasteiger partial charge in [0, 0.05) is 10.6 Å². The summed E-state index contributed by atoms with van der Waals surface area (Å²) in [6.07, 6.45) is 4.50. The van der Waals surface area contributed by atoms with Crippen molar-refractivity contribution in [2.75, 3.05) is 5.32 Å². The third-order valence-electron chi connectivity index (χ3n) is 9.03. The van der Waals surface area contributed by atoms with Crippen LogP contribution in [-0.4, -0.2) is 46.2 Å². The normalized spacial score (nSPS) is 19.0. The van der Waals surface area contributed by atoms with Gasteiger partial charge in [-0.1, -0.05) is 69.7 Å². The molecular weight excluding hydrogens is 510 g/mol. The van der Waals surface area contributed by atoms with Crippen molar-refractivity contribution in [2.45, 2.75) is 102 Å². The number of aromatic nitrogens is 2. The molecule has 1 aromatic heterocycles. The number of hydrogen-bond acceptors (Lipinski definition) is 4. The molecule has 1 aliphatic heterocycles. The van der Waals surface area contributed by atoms with E-state index in [1.54, 1.807) is 4.90 Å². The van der Waals surface area contributed by atoms with Crippen molar-refractivity contribution in [1.29, 1.82) is 0 Å². The number of amides is 3. The predicted molar refractivity (Wildman–Crippen MR) is 154 cm³/mol. The topological polar surface area (TPSA) is 127 Å². The number of rotatable bonds is 10. The highest BCUT2D eigenvalue weighted by Gasteiger charge is 2.54. The SMILES string of the molecule is CCC[C@@H](CC(NC(=O)N1Cc2c(NC(=O)C3([Si](C)(C)C)CCC3)n[nH]c2C1(C)C)c1ccccc1)C(=O)O. The summed E-state index contributed by atoms with van der Waals surface area (Å²) in [5, 5.41) is 23.3. The number of aliphatic carboxylic acids is 1. The van der Waals surface area contributed by atoms with Crippen LogP contribution in [0.2, 0.25) is 24.7 Å². The lowest BCUT2D eigenvalue weighted by Crippen LogP contribution is -2.52. The molecule has 0 saturated heterocycles. The number of benzene rings is 1. The number of nitrogens with one attached hydrogen (secondary N) is 3. The molecule has 0 spiro atoms. The lowest BCUT2D eigenvalue weighted by Gasteiger charge is -2.48. The van der Waals surface area contributed by atoms with Gasteiger partial charge in [0.05, 0.1) is 37.8 Å². The quantitative estimate of drug-likeness (QED) is 0.268. The minimum Gasteiger partial charge on any atom is -0.481 e. The van der Waals surface area contributed by atoms with E-state index < -0.39 is 31.5 Å². The summed E-state index contributed by atoms with van der Waals surface area (Å²) < 4.78 is 0. The monoisotopic (exact) mass is 553 g/mol. The molecule has 212 valence electrons. The van der Waals surface area contributed by atoms with E-state index in [-0.39, 0.29) is 17.0 Å². The van der Waals surface area contributed by atoms with Crippen LogP contribution >= 0.6 is 0 Å². The smallest absolute Gasteiger partial charge is 0.318 e. The van der Waals surface area contributed by atoms with E-state index in [1.165, 1.54) is 0 Å². The molecule has 1 unspecified atom stereocenters. The predicted octanol–water partition coefficient (Wildman–Crippen LogP) is 6.00. The van der Waals surface area contributed by atoms with E-state index in [4.69, 9.17) is 0 Å². The van der Waals surface area contributed by atoms with Gasteiger partial charge in [-0.05, 0) is 45.1 Å². The van der Waals surface area contributed by atoms with Crippen molar-refractivity contribution < 1.29 is 19.5 Å². The zero-order chi connectivity index (χ0) is 28.6. The maximum atomic E-state index is 13.8. The summed E-state index contributed by atoms with van der Waals surface area (Å²) >= 11 is 0. The number of urea groups is 1. The first-order valence-electron chi connectivity index (χ1n) is 14.1. The molecule has 2 aliphatic rings. The Morgan fingerprint density at radius 1 is 1.15 bits per heavy atom. The Kier molecular flexibility index (Phi) is 7.98. The van der Waals surface area contributed by atoms with Crippen LogP contribution in [0.4, 0.5) is 10.6 Å². The van der Waals surface area contributed by atoms with Gasteiger partial charge in [0.1, 0.15) is 0 Å². The number of nitrogens with zero attached hydrogens (tertiary/aromatic N) is 2. The maximum absolute atomic E-state index is 13.8. The van der Waals surface area contributed by atoms with Gasteiger partial charge in [0.15, 0.2) is 5.82 Å². The van der Waals surface area contributed by atoms with Crippen molar-refractivity contribution in [3.8, 4) is 0 Å². The fraction of sp³-hybridized carbons (Fsp3) is 0.586.